The third kappa shape index (κ3) is 4.05. The van der Waals surface area contributed by atoms with E-state index < -0.39 is 11.9 Å². The molecule has 0 saturated heterocycles. The molecule has 12 nitrogen and oxygen atoms in total. The van der Waals surface area contributed by atoms with Crippen LogP contribution < -0.4 is 16.1 Å². The maximum Gasteiger partial charge on any atom is 0.335 e. The summed E-state index contributed by atoms with van der Waals surface area (Å²) in [5, 5.41) is 36.4. The molecule has 0 spiro atoms. The summed E-state index contributed by atoms with van der Waals surface area (Å²) in [4.78, 5) is 22.0. The molecule has 0 bridgehead atoms. The van der Waals surface area contributed by atoms with Crippen LogP contribution in [0.4, 0.5) is 5.69 Å². The molecular formula is C16H12N8O4S2. The van der Waals surface area contributed by atoms with Crippen molar-refractivity contribution in [2.24, 2.45) is 5.10 Å². The van der Waals surface area contributed by atoms with E-state index in [0.29, 0.717) is 21.7 Å². The van der Waals surface area contributed by atoms with Crippen LogP contribution in [0, 0.1) is 0 Å². The normalized spacial score (nSPS) is 13.1. The molecule has 0 saturated carbocycles. The first-order valence-corrected chi connectivity index (χ1v) is 10.4. The van der Waals surface area contributed by atoms with Crippen molar-refractivity contribution >= 4 is 44.4 Å². The number of rotatable bonds is 6. The number of carbonyl (C=O) groups is 2. The fourth-order valence-electron chi connectivity index (χ4n) is 2.42. The van der Waals surface area contributed by atoms with Crippen LogP contribution >= 0.6 is 21.6 Å². The minimum atomic E-state index is -1.01. The summed E-state index contributed by atoms with van der Waals surface area (Å²) in [6, 6.07) is 12.5. The van der Waals surface area contributed by atoms with Gasteiger partial charge in [0, 0.05) is 0 Å². The van der Waals surface area contributed by atoms with Gasteiger partial charge in [0.1, 0.15) is 0 Å². The summed E-state index contributed by atoms with van der Waals surface area (Å²) in [5.74, 6) is -2.02. The van der Waals surface area contributed by atoms with Crippen LogP contribution in [-0.4, -0.2) is 47.5 Å². The van der Waals surface area contributed by atoms with Crippen molar-refractivity contribution in [1.82, 2.24) is 31.3 Å². The van der Waals surface area contributed by atoms with Crippen LogP contribution in [0.15, 0.2) is 58.8 Å². The molecule has 4 N–H and O–H groups in total. The number of aromatic nitrogens is 4. The van der Waals surface area contributed by atoms with Crippen molar-refractivity contribution in [2.45, 2.75) is 5.16 Å². The monoisotopic (exact) mass is 444 g/mol. The van der Waals surface area contributed by atoms with Crippen molar-refractivity contribution in [1.29, 1.82) is 0 Å². The lowest BCUT2D eigenvalue weighted by atomic mass is 10.2. The number of carboxylic acids is 2. The number of hydrazine groups is 2. The van der Waals surface area contributed by atoms with E-state index >= 15 is 0 Å². The minimum absolute atomic E-state index is 0.164. The summed E-state index contributed by atoms with van der Waals surface area (Å²) in [5.41, 5.74) is 7.14. The van der Waals surface area contributed by atoms with Gasteiger partial charge in [-0.3, -0.25) is 0 Å². The van der Waals surface area contributed by atoms with Crippen LogP contribution in [0.3, 0.4) is 0 Å². The lowest BCUT2D eigenvalue weighted by Gasteiger charge is -2.17. The van der Waals surface area contributed by atoms with Gasteiger partial charge in [-0.05, 0) is 80.5 Å². The number of nitrogens with one attached hydrogen (secondary N) is 2. The zero-order valence-electron chi connectivity index (χ0n) is 14.8. The quantitative estimate of drug-likeness (QED) is 0.408. The summed E-state index contributed by atoms with van der Waals surface area (Å²) >= 11 is 0. The second kappa shape index (κ2) is 8.40. The van der Waals surface area contributed by atoms with Crippen molar-refractivity contribution in [3.05, 3.63) is 59.7 Å². The van der Waals surface area contributed by atoms with Gasteiger partial charge in [-0.1, -0.05) is 0 Å². The molecule has 1 aliphatic rings. The average molecular weight is 444 g/mol. The standard InChI is InChI=1S/C16H12N8O4S2/c25-13(26)9-1-5-11(6-2-9)23-15(17-19-21-23)29-30-16-18-20-22-24(16)12-7-3-10(4-8-12)14(27)28/h1-8,19,21H,(H,25,26)(H,27,28). The Balaban J connectivity index is 1.46. The van der Waals surface area contributed by atoms with Gasteiger partial charge in [-0.15, -0.1) is 15.7 Å². The number of hydrogen-bond donors (Lipinski definition) is 4. The number of hydrogen-bond acceptors (Lipinski definition) is 11. The van der Waals surface area contributed by atoms with Crippen molar-refractivity contribution in [3.8, 4) is 5.69 Å². The molecule has 0 unspecified atom stereocenters. The Bertz CT molecular complexity index is 1120. The van der Waals surface area contributed by atoms with E-state index in [-0.39, 0.29) is 11.1 Å². The smallest absolute Gasteiger partial charge is 0.335 e. The van der Waals surface area contributed by atoms with E-state index in [4.69, 9.17) is 10.2 Å². The van der Waals surface area contributed by atoms with Gasteiger partial charge in [-0.2, -0.15) is 4.68 Å². The van der Waals surface area contributed by atoms with Crippen LogP contribution in [-0.2, 0) is 0 Å². The number of tetrazole rings is 1. The Morgan fingerprint density at radius 1 is 0.867 bits per heavy atom. The third-order valence-electron chi connectivity index (χ3n) is 3.87. The number of benzene rings is 2. The first kappa shape index (κ1) is 19.7. The van der Waals surface area contributed by atoms with Crippen LogP contribution in [0.25, 0.3) is 5.69 Å². The van der Waals surface area contributed by atoms with Gasteiger partial charge < -0.3 is 10.2 Å². The fourth-order valence-corrected chi connectivity index (χ4v) is 4.25. The highest BCUT2D eigenvalue weighted by Gasteiger charge is 2.22. The Morgan fingerprint density at radius 3 is 2.07 bits per heavy atom. The lowest BCUT2D eigenvalue weighted by Crippen LogP contribution is -2.39. The van der Waals surface area contributed by atoms with Crippen molar-refractivity contribution in [3.63, 3.8) is 0 Å². The number of carboxylic acid groups (broad SMARTS) is 2. The van der Waals surface area contributed by atoms with Gasteiger partial charge in [0.25, 0.3) is 0 Å². The molecule has 0 aliphatic carbocycles. The Hall–Kier alpha value is -3.62. The summed E-state index contributed by atoms with van der Waals surface area (Å²) in [6.07, 6.45) is 0. The lowest BCUT2D eigenvalue weighted by molar-refractivity contribution is 0.0686. The second-order valence-electron chi connectivity index (χ2n) is 5.70. The van der Waals surface area contributed by atoms with Crippen molar-refractivity contribution < 1.29 is 19.8 Å². The SMILES string of the molecule is O=C(O)c1ccc(N2NNN=C2SSc2nnnn2-c2ccc(C(=O)O)cc2)cc1. The minimum Gasteiger partial charge on any atom is -0.478 e. The molecule has 1 aromatic heterocycles. The zero-order chi connectivity index (χ0) is 21.1. The number of amidine groups is 1. The number of hydrazone groups is 1. The van der Waals surface area contributed by atoms with Crippen LogP contribution in [0.1, 0.15) is 20.7 Å². The number of aromatic carboxylic acids is 2. The molecule has 0 fully saturated rings. The van der Waals surface area contributed by atoms with Gasteiger partial charge in [0.15, 0.2) is 0 Å². The van der Waals surface area contributed by atoms with Gasteiger partial charge in [0.2, 0.25) is 10.3 Å². The number of anilines is 1. The molecule has 2 heterocycles. The topological polar surface area (TPSA) is 158 Å². The van der Waals surface area contributed by atoms with E-state index in [1.54, 1.807) is 29.3 Å². The number of nitrogens with zero attached hydrogens (tertiary/aromatic N) is 6. The first-order valence-electron chi connectivity index (χ1n) is 8.21. The molecule has 2 aromatic carbocycles. The molecule has 0 amide bonds. The fraction of sp³-hybridized carbons (Fsp3) is 0. The molecular weight excluding hydrogens is 432 g/mol. The van der Waals surface area contributed by atoms with Gasteiger partial charge in [0.05, 0.1) is 22.5 Å². The molecule has 152 valence electrons. The average Bonchev–Trinajstić information content (AvgIpc) is 3.41. The zero-order valence-corrected chi connectivity index (χ0v) is 16.5. The van der Waals surface area contributed by atoms with Crippen LogP contribution in [0.2, 0.25) is 0 Å². The van der Waals surface area contributed by atoms with E-state index in [9.17, 15) is 9.59 Å². The van der Waals surface area contributed by atoms with E-state index in [1.807, 2.05) is 0 Å². The Morgan fingerprint density at radius 2 is 1.47 bits per heavy atom. The molecule has 1 aliphatic heterocycles. The first-order chi connectivity index (χ1) is 14.5. The van der Waals surface area contributed by atoms with E-state index in [0.717, 1.165) is 0 Å². The second-order valence-corrected chi connectivity index (χ2v) is 7.76. The summed E-state index contributed by atoms with van der Waals surface area (Å²) < 4.78 is 1.48. The molecule has 0 radical (unpaired) electrons. The highest BCUT2D eigenvalue weighted by molar-refractivity contribution is 8.82. The molecule has 14 heteroatoms. The maximum absolute atomic E-state index is 11.0. The predicted molar refractivity (Wildman–Crippen MR) is 109 cm³/mol. The summed E-state index contributed by atoms with van der Waals surface area (Å²) in [7, 11) is 2.51. The highest BCUT2D eigenvalue weighted by atomic mass is 33.1. The van der Waals surface area contributed by atoms with Crippen molar-refractivity contribution in [2.75, 3.05) is 5.01 Å². The van der Waals surface area contributed by atoms with E-state index in [1.165, 1.54) is 50.5 Å². The molecule has 0 atom stereocenters. The van der Waals surface area contributed by atoms with Gasteiger partial charge >= 0.3 is 11.9 Å². The van der Waals surface area contributed by atoms with E-state index in [2.05, 4.69) is 31.7 Å². The Kier molecular flexibility index (Phi) is 5.51. The van der Waals surface area contributed by atoms with Crippen LogP contribution in [0.5, 0.6) is 0 Å². The summed E-state index contributed by atoms with van der Waals surface area (Å²) in [6.45, 7) is 0. The maximum atomic E-state index is 11.0. The molecule has 4 rings (SSSR count). The predicted octanol–water partition coefficient (Wildman–Crippen LogP) is 1.60. The largest absolute Gasteiger partial charge is 0.478 e. The Labute approximate surface area is 176 Å². The third-order valence-corrected chi connectivity index (χ3v) is 5.92. The molecule has 30 heavy (non-hydrogen) atoms. The molecule has 3 aromatic rings. The van der Waals surface area contributed by atoms with Gasteiger partial charge in [-0.25, -0.2) is 20.1 Å². The highest BCUT2D eigenvalue weighted by Crippen LogP contribution is 2.34.